The number of aliphatic imine (C=N–C) groups is 1. The van der Waals surface area contributed by atoms with Crippen molar-refractivity contribution in [3.8, 4) is 0 Å². The van der Waals surface area contributed by atoms with Crippen LogP contribution in [0.25, 0.3) is 0 Å². The van der Waals surface area contributed by atoms with Gasteiger partial charge in [-0.05, 0) is 36.5 Å². The van der Waals surface area contributed by atoms with Gasteiger partial charge in [-0.25, -0.2) is 4.99 Å². The summed E-state index contributed by atoms with van der Waals surface area (Å²) in [6.45, 7) is 0. The van der Waals surface area contributed by atoms with E-state index in [1.165, 1.54) is 23.0 Å². The van der Waals surface area contributed by atoms with Gasteiger partial charge in [0.15, 0.2) is 5.17 Å². The van der Waals surface area contributed by atoms with Gasteiger partial charge < -0.3 is 0 Å². The number of nitrogens with zero attached hydrogens (tertiary/aromatic N) is 2. The second kappa shape index (κ2) is 4.64. The zero-order valence-electron chi connectivity index (χ0n) is 10.8. The Morgan fingerprint density at radius 2 is 2.15 bits per heavy atom. The lowest BCUT2D eigenvalue weighted by Gasteiger charge is -2.33. The number of hydrogen-bond donors (Lipinski definition) is 0. The van der Waals surface area contributed by atoms with Crippen molar-refractivity contribution in [3.05, 3.63) is 46.1 Å². The standard InChI is InChI=1S/C15H13ClN2OS/c16-11-6-2-1-4-9(11)14-10-5-3-7-12(10)17-15-18(14)13(19)8-20-15/h1-2,4,6,14H,3,5,7-8H2/t14-/m0/s1. The minimum Gasteiger partial charge on any atom is -0.279 e. The summed E-state index contributed by atoms with van der Waals surface area (Å²) in [5, 5.41) is 1.57. The second-order valence-electron chi connectivity index (χ2n) is 5.20. The van der Waals surface area contributed by atoms with Gasteiger partial charge in [0.1, 0.15) is 0 Å². The fourth-order valence-corrected chi connectivity index (χ4v) is 4.33. The molecule has 2 aliphatic heterocycles. The van der Waals surface area contributed by atoms with Crippen molar-refractivity contribution < 1.29 is 4.79 Å². The molecule has 4 rings (SSSR count). The quantitative estimate of drug-likeness (QED) is 0.791. The van der Waals surface area contributed by atoms with Gasteiger partial charge in [0.05, 0.1) is 11.8 Å². The molecule has 3 aliphatic rings. The minimum absolute atomic E-state index is 0.0452. The van der Waals surface area contributed by atoms with Crippen LogP contribution in [0.3, 0.4) is 0 Å². The number of rotatable bonds is 1. The van der Waals surface area contributed by atoms with Crippen LogP contribution >= 0.6 is 23.4 Å². The number of carbonyl (C=O) groups excluding carboxylic acids is 1. The van der Waals surface area contributed by atoms with Gasteiger partial charge in [0.2, 0.25) is 5.91 Å². The predicted molar refractivity (Wildman–Crippen MR) is 81.8 cm³/mol. The van der Waals surface area contributed by atoms with Gasteiger partial charge >= 0.3 is 0 Å². The molecule has 0 aromatic heterocycles. The van der Waals surface area contributed by atoms with Crippen LogP contribution in [-0.4, -0.2) is 21.7 Å². The first-order valence-electron chi connectivity index (χ1n) is 6.75. The van der Waals surface area contributed by atoms with Gasteiger partial charge in [0, 0.05) is 10.7 Å². The van der Waals surface area contributed by atoms with Gasteiger partial charge in [-0.3, -0.25) is 9.69 Å². The van der Waals surface area contributed by atoms with Crippen molar-refractivity contribution in [1.82, 2.24) is 4.90 Å². The Balaban J connectivity index is 1.89. The van der Waals surface area contributed by atoms with Crippen LogP contribution in [0.1, 0.15) is 30.9 Å². The van der Waals surface area contributed by atoms with Crippen LogP contribution in [0, 0.1) is 0 Å². The average Bonchev–Trinajstić information content (AvgIpc) is 3.05. The summed E-state index contributed by atoms with van der Waals surface area (Å²) in [6, 6.07) is 7.78. The zero-order chi connectivity index (χ0) is 13.7. The molecule has 5 heteroatoms. The summed E-state index contributed by atoms with van der Waals surface area (Å²) < 4.78 is 0. The second-order valence-corrected chi connectivity index (χ2v) is 6.55. The number of amidine groups is 1. The maximum atomic E-state index is 12.3. The summed E-state index contributed by atoms with van der Waals surface area (Å²) >= 11 is 7.92. The van der Waals surface area contributed by atoms with E-state index in [9.17, 15) is 4.79 Å². The zero-order valence-corrected chi connectivity index (χ0v) is 12.4. The van der Waals surface area contributed by atoms with E-state index in [1.807, 2.05) is 29.2 Å². The van der Waals surface area contributed by atoms with E-state index in [4.69, 9.17) is 11.6 Å². The summed E-state index contributed by atoms with van der Waals surface area (Å²) in [4.78, 5) is 18.8. The molecule has 0 spiro atoms. The van der Waals surface area contributed by atoms with E-state index in [1.54, 1.807) is 0 Å². The highest BCUT2D eigenvalue weighted by atomic mass is 35.5. The fourth-order valence-electron chi connectivity index (χ4n) is 3.18. The van der Waals surface area contributed by atoms with Crippen LogP contribution in [0.15, 0.2) is 40.5 Å². The Morgan fingerprint density at radius 3 is 3.00 bits per heavy atom. The largest absolute Gasteiger partial charge is 0.279 e. The van der Waals surface area contributed by atoms with E-state index in [-0.39, 0.29) is 11.9 Å². The lowest BCUT2D eigenvalue weighted by atomic mass is 9.95. The molecule has 1 atom stereocenters. The Labute approximate surface area is 126 Å². The molecular weight excluding hydrogens is 292 g/mol. The third-order valence-electron chi connectivity index (χ3n) is 4.05. The Kier molecular flexibility index (Phi) is 2.89. The van der Waals surface area contributed by atoms with Crippen molar-refractivity contribution in [2.24, 2.45) is 4.99 Å². The predicted octanol–water partition coefficient (Wildman–Crippen LogP) is 3.76. The van der Waals surface area contributed by atoms with E-state index in [0.717, 1.165) is 35.0 Å². The fraction of sp³-hybridized carbons (Fsp3) is 0.333. The van der Waals surface area contributed by atoms with E-state index in [2.05, 4.69) is 4.99 Å². The number of allylic oxidation sites excluding steroid dienone is 1. The van der Waals surface area contributed by atoms with Gasteiger partial charge in [-0.2, -0.15) is 0 Å². The first-order chi connectivity index (χ1) is 9.75. The summed E-state index contributed by atoms with van der Waals surface area (Å²) in [7, 11) is 0. The number of benzene rings is 1. The topological polar surface area (TPSA) is 32.7 Å². The molecular formula is C15H13ClN2OS. The highest BCUT2D eigenvalue weighted by molar-refractivity contribution is 8.15. The summed E-state index contributed by atoms with van der Waals surface area (Å²) in [5.74, 6) is 0.623. The van der Waals surface area contributed by atoms with E-state index < -0.39 is 0 Å². The first-order valence-corrected chi connectivity index (χ1v) is 8.12. The van der Waals surface area contributed by atoms with Crippen molar-refractivity contribution in [3.63, 3.8) is 0 Å². The lowest BCUT2D eigenvalue weighted by Crippen LogP contribution is -2.37. The maximum absolute atomic E-state index is 12.3. The van der Waals surface area contributed by atoms with Crippen LogP contribution in [-0.2, 0) is 4.79 Å². The summed E-state index contributed by atoms with van der Waals surface area (Å²) in [6.07, 6.45) is 3.15. The lowest BCUT2D eigenvalue weighted by molar-refractivity contribution is -0.125. The number of fused-ring (bicyclic) bond motifs is 1. The Morgan fingerprint density at radius 1 is 1.30 bits per heavy atom. The highest BCUT2D eigenvalue weighted by Gasteiger charge is 2.42. The molecule has 1 fully saturated rings. The SMILES string of the molecule is O=C1CSC2=NC3=C(CCC3)[C@H](c3ccccc3Cl)N12. The first kappa shape index (κ1) is 12.5. The highest BCUT2D eigenvalue weighted by Crippen LogP contribution is 2.47. The molecule has 1 aromatic rings. The van der Waals surface area contributed by atoms with Crippen molar-refractivity contribution in [1.29, 1.82) is 0 Å². The minimum atomic E-state index is -0.0452. The third kappa shape index (κ3) is 1.75. The van der Waals surface area contributed by atoms with Crippen LogP contribution in [0.4, 0.5) is 0 Å². The molecule has 20 heavy (non-hydrogen) atoms. The number of amides is 1. The van der Waals surface area contributed by atoms with Gasteiger partial charge in [-0.15, -0.1) is 0 Å². The normalized spacial score (nSPS) is 24.9. The Bertz CT molecular complexity index is 668. The van der Waals surface area contributed by atoms with Gasteiger partial charge in [-0.1, -0.05) is 41.6 Å². The molecule has 2 heterocycles. The van der Waals surface area contributed by atoms with Crippen LogP contribution in [0.5, 0.6) is 0 Å². The molecule has 0 bridgehead atoms. The monoisotopic (exact) mass is 304 g/mol. The molecule has 0 radical (unpaired) electrons. The van der Waals surface area contributed by atoms with Gasteiger partial charge in [0.25, 0.3) is 0 Å². The molecule has 0 unspecified atom stereocenters. The van der Waals surface area contributed by atoms with E-state index in [0.29, 0.717) is 5.75 Å². The summed E-state index contributed by atoms with van der Waals surface area (Å²) in [5.41, 5.74) is 3.47. The van der Waals surface area contributed by atoms with Crippen LogP contribution in [0.2, 0.25) is 5.02 Å². The number of halogens is 1. The molecule has 1 aromatic carbocycles. The third-order valence-corrected chi connectivity index (χ3v) is 5.33. The average molecular weight is 305 g/mol. The van der Waals surface area contributed by atoms with Crippen LogP contribution < -0.4 is 0 Å². The molecule has 0 saturated carbocycles. The molecule has 1 aliphatic carbocycles. The smallest absolute Gasteiger partial charge is 0.239 e. The van der Waals surface area contributed by atoms with Crippen molar-refractivity contribution >= 4 is 34.4 Å². The van der Waals surface area contributed by atoms with E-state index >= 15 is 0 Å². The van der Waals surface area contributed by atoms with Crippen molar-refractivity contribution in [2.75, 3.05) is 5.75 Å². The molecule has 3 nitrogen and oxygen atoms in total. The molecule has 0 N–H and O–H groups in total. The molecule has 1 amide bonds. The number of hydrogen-bond acceptors (Lipinski definition) is 3. The van der Waals surface area contributed by atoms with Crippen molar-refractivity contribution in [2.45, 2.75) is 25.3 Å². The molecule has 1 saturated heterocycles. The number of carbonyl (C=O) groups is 1. The Hall–Kier alpha value is -1.26. The maximum Gasteiger partial charge on any atom is 0.239 e. The number of thioether (sulfide) groups is 1. The molecule has 102 valence electrons.